The smallest absolute Gasteiger partial charge is 0.433 e. The van der Waals surface area contributed by atoms with E-state index < -0.39 is 36.3 Å². The Bertz CT molecular complexity index is 1240. The monoisotopic (exact) mass is 481 g/mol. The topological polar surface area (TPSA) is 118 Å². The van der Waals surface area contributed by atoms with E-state index in [2.05, 4.69) is 30.8 Å². The summed E-state index contributed by atoms with van der Waals surface area (Å²) >= 11 is 0. The molecule has 3 aromatic heterocycles. The fourth-order valence-corrected chi connectivity index (χ4v) is 4.77. The van der Waals surface area contributed by atoms with Gasteiger partial charge in [0.2, 0.25) is 5.95 Å². The second-order valence-corrected chi connectivity index (χ2v) is 8.98. The fourth-order valence-electron chi connectivity index (χ4n) is 4.77. The van der Waals surface area contributed by atoms with Crippen LogP contribution in [0.25, 0.3) is 5.65 Å². The lowest BCUT2D eigenvalue weighted by atomic mass is 9.50. The van der Waals surface area contributed by atoms with Gasteiger partial charge in [-0.15, -0.1) is 0 Å². The van der Waals surface area contributed by atoms with Gasteiger partial charge in [0.1, 0.15) is 11.8 Å². The quantitative estimate of drug-likeness (QED) is 0.479. The van der Waals surface area contributed by atoms with E-state index in [1.165, 1.54) is 22.9 Å². The molecule has 2 bridgehead atoms. The van der Waals surface area contributed by atoms with Crippen molar-refractivity contribution >= 4 is 23.5 Å². The number of alkyl carbamates (subject to hydrolysis) is 1. The molecule has 1 unspecified atom stereocenters. The average molecular weight is 481 g/mol. The van der Waals surface area contributed by atoms with E-state index in [1.807, 2.05) is 0 Å². The molecular weight excluding hydrogens is 462 g/mol. The van der Waals surface area contributed by atoms with Crippen molar-refractivity contribution in [2.75, 3.05) is 11.9 Å². The third-order valence-electron chi connectivity index (χ3n) is 6.57. The molecule has 0 radical (unpaired) electrons. The molecule has 180 valence electrons. The Morgan fingerprint density at radius 1 is 1.29 bits per heavy atom. The van der Waals surface area contributed by atoms with Crippen molar-refractivity contribution in [3.8, 4) is 0 Å². The zero-order valence-electron chi connectivity index (χ0n) is 17.5. The van der Waals surface area contributed by atoms with Crippen molar-refractivity contribution in [2.24, 2.45) is 5.92 Å². The molecule has 4 aliphatic rings. The van der Waals surface area contributed by atoms with E-state index in [4.69, 9.17) is 9.47 Å². The molecule has 10 nitrogen and oxygen atoms in total. The average Bonchev–Trinajstić information content (AvgIpc) is 3.44. The Balaban J connectivity index is 1.14. The molecule has 3 atom stereocenters. The van der Waals surface area contributed by atoms with E-state index in [1.54, 1.807) is 0 Å². The van der Waals surface area contributed by atoms with Crippen LogP contribution >= 0.6 is 0 Å². The molecule has 34 heavy (non-hydrogen) atoms. The maximum atomic E-state index is 15.0. The molecule has 0 aromatic carbocycles. The number of ether oxygens (including phenoxy) is 2. The normalized spacial score (nSPS) is 30.0. The minimum Gasteiger partial charge on any atom is -0.441 e. The van der Waals surface area contributed by atoms with Crippen LogP contribution in [-0.4, -0.2) is 55.1 Å². The Morgan fingerprint density at radius 3 is 2.79 bits per heavy atom. The number of aromatic amines is 1. The van der Waals surface area contributed by atoms with Crippen molar-refractivity contribution < 1.29 is 31.8 Å². The van der Waals surface area contributed by atoms with E-state index in [9.17, 15) is 22.4 Å². The van der Waals surface area contributed by atoms with Crippen LogP contribution in [0.1, 0.15) is 36.8 Å². The zero-order chi connectivity index (χ0) is 23.7. The third-order valence-corrected chi connectivity index (χ3v) is 6.57. The van der Waals surface area contributed by atoms with Gasteiger partial charge in [-0.2, -0.15) is 18.3 Å². The number of hydrogen-bond donors (Lipinski definition) is 3. The van der Waals surface area contributed by atoms with Crippen LogP contribution in [0.4, 0.5) is 34.1 Å². The number of halogens is 4. The Hall–Kier alpha value is -3.42. The largest absolute Gasteiger partial charge is 0.441 e. The number of alkyl halides is 4. The second kappa shape index (κ2) is 7.29. The number of nitrogens with zero attached hydrogens (tertiary/aromatic N) is 4. The molecule has 1 amide bonds. The van der Waals surface area contributed by atoms with Gasteiger partial charge in [-0.1, -0.05) is 0 Å². The molecular formula is C20H19F4N7O3. The summed E-state index contributed by atoms with van der Waals surface area (Å²) in [5.74, 6) is 0.599. The highest BCUT2D eigenvalue weighted by Crippen LogP contribution is 2.57. The molecule has 7 rings (SSSR count). The number of imidazole rings is 1. The zero-order valence-corrected chi connectivity index (χ0v) is 17.5. The van der Waals surface area contributed by atoms with Gasteiger partial charge in [0, 0.05) is 30.1 Å². The number of carbonyl (C=O) groups excluding carboxylic acids is 1. The molecule has 4 heterocycles. The first-order chi connectivity index (χ1) is 16.2. The van der Waals surface area contributed by atoms with Gasteiger partial charge in [-0.3, -0.25) is 9.50 Å². The van der Waals surface area contributed by atoms with Crippen LogP contribution in [0.15, 0.2) is 24.5 Å². The number of hydrogen-bond acceptors (Lipinski definition) is 7. The van der Waals surface area contributed by atoms with Crippen LogP contribution in [0.3, 0.4) is 0 Å². The predicted octanol–water partition coefficient (Wildman–Crippen LogP) is 3.27. The second-order valence-electron chi connectivity index (χ2n) is 8.98. The third kappa shape index (κ3) is 3.52. The van der Waals surface area contributed by atoms with Gasteiger partial charge in [-0.25, -0.2) is 19.2 Å². The van der Waals surface area contributed by atoms with Crippen molar-refractivity contribution in [1.29, 1.82) is 0 Å². The van der Waals surface area contributed by atoms with Crippen LogP contribution in [0.5, 0.6) is 0 Å². The highest BCUT2D eigenvalue weighted by Gasteiger charge is 2.58. The number of amides is 1. The maximum Gasteiger partial charge on any atom is 0.433 e. The number of H-pyrrole nitrogens is 1. The standard InChI is InChI=1S/C20H19F4N7O3/c21-15-11(34-18(32)28-19-5-9(6-19)7-19)8-33-16(15)10-3-13(30-29-10)27-17-26-12(20(22,23)24)4-14-25-1-2-31(14)17/h1-4,9,11,15-16H,5-8H2,(H,28,32)(H2,26,27,29,30)/t9?,11?,15-,16+,19?/m0/s1. The maximum absolute atomic E-state index is 15.0. The summed E-state index contributed by atoms with van der Waals surface area (Å²) in [6.45, 7) is -0.137. The molecule has 3 aliphatic carbocycles. The number of anilines is 2. The van der Waals surface area contributed by atoms with Gasteiger partial charge >= 0.3 is 12.3 Å². The molecule has 1 aliphatic heterocycles. The van der Waals surface area contributed by atoms with Crippen molar-refractivity contribution in [1.82, 2.24) is 29.9 Å². The highest BCUT2D eigenvalue weighted by molar-refractivity contribution is 5.69. The first-order valence-corrected chi connectivity index (χ1v) is 10.7. The van der Waals surface area contributed by atoms with Gasteiger partial charge in [0.05, 0.1) is 12.3 Å². The summed E-state index contributed by atoms with van der Waals surface area (Å²) in [5, 5.41) is 12.1. The SMILES string of the molecule is O=C(NC12CC(C1)C2)OC1CO[C@H](c2cc(Nc3nc(C(F)(F)F)cc4nccn34)n[nH]2)[C@H]1F. The molecule has 1 saturated heterocycles. The lowest BCUT2D eigenvalue weighted by Crippen LogP contribution is -2.68. The molecule has 4 fully saturated rings. The van der Waals surface area contributed by atoms with Crippen molar-refractivity contribution in [3.63, 3.8) is 0 Å². The molecule has 3 N–H and O–H groups in total. The van der Waals surface area contributed by atoms with E-state index in [-0.39, 0.29) is 35.3 Å². The Labute approximate surface area is 189 Å². The van der Waals surface area contributed by atoms with Crippen LogP contribution in [0.2, 0.25) is 0 Å². The lowest BCUT2D eigenvalue weighted by Gasteiger charge is -2.61. The Kier molecular flexibility index (Phi) is 4.53. The molecule has 3 saturated carbocycles. The number of rotatable bonds is 5. The van der Waals surface area contributed by atoms with Crippen LogP contribution in [0, 0.1) is 5.92 Å². The summed E-state index contributed by atoms with van der Waals surface area (Å²) in [4.78, 5) is 19.6. The number of nitrogens with one attached hydrogen (secondary N) is 3. The summed E-state index contributed by atoms with van der Waals surface area (Å²) in [5.41, 5.74) is -1.03. The summed E-state index contributed by atoms with van der Waals surface area (Å²) in [7, 11) is 0. The number of carbonyl (C=O) groups is 1. The van der Waals surface area contributed by atoms with E-state index >= 15 is 0 Å². The van der Waals surface area contributed by atoms with Gasteiger partial charge in [0.25, 0.3) is 0 Å². The van der Waals surface area contributed by atoms with E-state index in [0.717, 1.165) is 25.3 Å². The summed E-state index contributed by atoms with van der Waals surface area (Å²) < 4.78 is 66.6. The van der Waals surface area contributed by atoms with Crippen LogP contribution < -0.4 is 10.6 Å². The predicted molar refractivity (Wildman–Crippen MR) is 107 cm³/mol. The summed E-state index contributed by atoms with van der Waals surface area (Å²) in [6.07, 6.45) is -3.59. The van der Waals surface area contributed by atoms with E-state index in [0.29, 0.717) is 5.92 Å². The van der Waals surface area contributed by atoms with Gasteiger partial charge in [0.15, 0.2) is 23.8 Å². The minimum absolute atomic E-state index is 0.0423. The highest BCUT2D eigenvalue weighted by atomic mass is 19.4. The molecule has 14 heteroatoms. The molecule has 0 spiro atoms. The van der Waals surface area contributed by atoms with Crippen LogP contribution in [-0.2, 0) is 15.7 Å². The fraction of sp³-hybridized carbons (Fsp3) is 0.500. The molecule has 3 aromatic rings. The first kappa shape index (κ1) is 21.1. The lowest BCUT2D eigenvalue weighted by molar-refractivity contribution is -0.141. The Morgan fingerprint density at radius 2 is 2.09 bits per heavy atom. The van der Waals surface area contributed by atoms with Crippen molar-refractivity contribution in [3.05, 3.63) is 35.9 Å². The van der Waals surface area contributed by atoms with Gasteiger partial charge in [-0.05, 0) is 25.2 Å². The minimum atomic E-state index is -4.67. The number of aromatic nitrogens is 5. The first-order valence-electron chi connectivity index (χ1n) is 10.7. The van der Waals surface area contributed by atoms with Crippen molar-refractivity contribution in [2.45, 2.75) is 49.4 Å². The summed E-state index contributed by atoms with van der Waals surface area (Å²) in [6, 6.07) is 2.22. The number of fused-ring (bicyclic) bond motifs is 1. The van der Waals surface area contributed by atoms with Gasteiger partial charge < -0.3 is 20.1 Å².